The van der Waals surface area contributed by atoms with Crippen LogP contribution < -0.4 is 5.32 Å². The molecule has 3 rings (SSSR count). The van der Waals surface area contributed by atoms with E-state index in [0.717, 1.165) is 15.4 Å². The van der Waals surface area contributed by atoms with Crippen LogP contribution in [-0.2, 0) is 0 Å². The van der Waals surface area contributed by atoms with Crippen LogP contribution in [0.2, 0.25) is 5.02 Å². The molecule has 0 spiro atoms. The number of aryl methyl sites for hydroxylation is 2. The number of benzene rings is 1. The lowest BCUT2D eigenvalue weighted by atomic mass is 10.2. The molecule has 1 amide bonds. The summed E-state index contributed by atoms with van der Waals surface area (Å²) in [5, 5.41) is 7.74. The molecular formula is C14H11BrClN3O2. The summed E-state index contributed by atoms with van der Waals surface area (Å²) in [4.78, 5) is 15.4. The summed E-state index contributed by atoms with van der Waals surface area (Å²) in [6.45, 7) is 3.50. The predicted molar refractivity (Wildman–Crippen MR) is 84.9 cm³/mol. The molecule has 0 saturated carbocycles. The topological polar surface area (TPSA) is 70.9 Å². The van der Waals surface area contributed by atoms with Gasteiger partial charge in [0.15, 0.2) is 5.76 Å². The maximum absolute atomic E-state index is 12.4. The van der Waals surface area contributed by atoms with Gasteiger partial charge in [0.1, 0.15) is 17.1 Å². The quantitative estimate of drug-likeness (QED) is 0.702. The highest BCUT2D eigenvalue weighted by Crippen LogP contribution is 2.30. The van der Waals surface area contributed by atoms with E-state index in [1.165, 1.54) is 0 Å². The van der Waals surface area contributed by atoms with Gasteiger partial charge in [-0.05, 0) is 32.0 Å². The number of halogens is 2. The van der Waals surface area contributed by atoms with Gasteiger partial charge in [0.25, 0.3) is 5.91 Å². The molecule has 0 aliphatic heterocycles. The molecule has 0 fully saturated rings. The monoisotopic (exact) mass is 367 g/mol. The van der Waals surface area contributed by atoms with Gasteiger partial charge in [-0.25, -0.2) is 0 Å². The number of hydrogen-bond donors (Lipinski definition) is 2. The fourth-order valence-electron chi connectivity index (χ4n) is 2.13. The number of carbonyl (C=O) groups is 1. The Kier molecular flexibility index (Phi) is 3.51. The third-order valence-electron chi connectivity index (χ3n) is 3.20. The van der Waals surface area contributed by atoms with Gasteiger partial charge in [-0.15, -0.1) is 0 Å². The molecule has 0 radical (unpaired) electrons. The van der Waals surface area contributed by atoms with Crippen molar-refractivity contribution < 1.29 is 9.32 Å². The molecule has 1 aromatic carbocycles. The van der Waals surface area contributed by atoms with Crippen LogP contribution in [0.3, 0.4) is 0 Å². The number of hydrogen-bond acceptors (Lipinski definition) is 3. The zero-order chi connectivity index (χ0) is 15.1. The maximum Gasteiger partial charge on any atom is 0.273 e. The second-order valence-corrected chi connectivity index (χ2v) is 5.95. The van der Waals surface area contributed by atoms with Gasteiger partial charge in [0.2, 0.25) is 0 Å². The Hall–Kier alpha value is -1.79. The molecule has 0 aliphatic carbocycles. The van der Waals surface area contributed by atoms with Gasteiger partial charge in [-0.1, -0.05) is 32.7 Å². The van der Waals surface area contributed by atoms with Gasteiger partial charge in [-0.3, -0.25) is 4.79 Å². The minimum atomic E-state index is -0.332. The number of nitrogens with one attached hydrogen (secondary N) is 2. The number of H-pyrrole nitrogens is 1. The first-order chi connectivity index (χ1) is 9.97. The Morgan fingerprint density at radius 1 is 1.43 bits per heavy atom. The fourth-order valence-corrected chi connectivity index (χ4v) is 2.78. The van der Waals surface area contributed by atoms with Crippen molar-refractivity contribution in [2.24, 2.45) is 0 Å². The minimum Gasteiger partial charge on any atom is -0.359 e. The average molecular weight is 369 g/mol. The van der Waals surface area contributed by atoms with Crippen molar-refractivity contribution >= 4 is 50.0 Å². The smallest absolute Gasteiger partial charge is 0.273 e. The maximum atomic E-state index is 12.4. The minimum absolute atomic E-state index is 0.310. The average Bonchev–Trinajstić information content (AvgIpc) is 2.94. The summed E-state index contributed by atoms with van der Waals surface area (Å²) in [6, 6.07) is 5.60. The van der Waals surface area contributed by atoms with E-state index in [2.05, 4.69) is 31.4 Å². The molecule has 0 bridgehead atoms. The van der Waals surface area contributed by atoms with E-state index in [1.807, 2.05) is 18.2 Å². The van der Waals surface area contributed by atoms with E-state index >= 15 is 0 Å². The van der Waals surface area contributed by atoms with Gasteiger partial charge in [0, 0.05) is 15.4 Å². The van der Waals surface area contributed by atoms with E-state index in [4.69, 9.17) is 16.1 Å². The molecule has 0 aliphatic rings. The SMILES string of the molecule is Cc1noc(C)c1NC(=O)c1[nH]c2ccc(Br)cc2c1Cl. The van der Waals surface area contributed by atoms with Crippen LogP contribution in [0.1, 0.15) is 21.9 Å². The van der Waals surface area contributed by atoms with E-state index < -0.39 is 0 Å². The Morgan fingerprint density at radius 3 is 2.86 bits per heavy atom. The molecule has 2 heterocycles. The van der Waals surface area contributed by atoms with E-state index in [0.29, 0.717) is 27.9 Å². The van der Waals surface area contributed by atoms with Crippen molar-refractivity contribution in [2.45, 2.75) is 13.8 Å². The lowest BCUT2D eigenvalue weighted by Gasteiger charge is -2.02. The molecule has 2 N–H and O–H groups in total. The Labute approximate surface area is 133 Å². The third kappa shape index (κ3) is 2.45. The number of anilines is 1. The second-order valence-electron chi connectivity index (χ2n) is 4.66. The summed E-state index contributed by atoms with van der Waals surface area (Å²) in [5.74, 6) is 0.220. The number of aromatic nitrogens is 2. The first-order valence-corrected chi connectivity index (χ1v) is 7.35. The number of fused-ring (bicyclic) bond motifs is 1. The Balaban J connectivity index is 2.00. The summed E-state index contributed by atoms with van der Waals surface area (Å²) in [7, 11) is 0. The standard InChI is InChI=1S/C14H11BrClN3O2/c1-6-12(7(2)21-19-6)18-14(20)13-11(16)9-5-8(15)3-4-10(9)17-13/h3-5,17H,1-2H3,(H,18,20). The van der Waals surface area contributed by atoms with Gasteiger partial charge in [-0.2, -0.15) is 0 Å². The van der Waals surface area contributed by atoms with Crippen LogP contribution in [0.4, 0.5) is 5.69 Å². The van der Waals surface area contributed by atoms with Gasteiger partial charge >= 0.3 is 0 Å². The highest BCUT2D eigenvalue weighted by molar-refractivity contribution is 9.10. The van der Waals surface area contributed by atoms with Crippen molar-refractivity contribution in [3.63, 3.8) is 0 Å². The largest absolute Gasteiger partial charge is 0.359 e. The lowest BCUT2D eigenvalue weighted by molar-refractivity contribution is 0.102. The zero-order valence-electron chi connectivity index (χ0n) is 11.3. The molecule has 5 nitrogen and oxygen atoms in total. The molecule has 0 atom stereocenters. The summed E-state index contributed by atoms with van der Waals surface area (Å²) >= 11 is 9.68. The van der Waals surface area contributed by atoms with E-state index in [9.17, 15) is 4.79 Å². The summed E-state index contributed by atoms with van der Waals surface area (Å²) in [6.07, 6.45) is 0. The zero-order valence-corrected chi connectivity index (χ0v) is 13.6. The molecular weight excluding hydrogens is 358 g/mol. The second kappa shape index (κ2) is 5.20. The molecule has 7 heteroatoms. The molecule has 21 heavy (non-hydrogen) atoms. The summed E-state index contributed by atoms with van der Waals surface area (Å²) < 4.78 is 5.92. The Bertz CT molecular complexity index is 834. The van der Waals surface area contributed by atoms with Gasteiger partial charge in [0.05, 0.1) is 5.02 Å². The van der Waals surface area contributed by atoms with Crippen molar-refractivity contribution in [3.05, 3.63) is 44.8 Å². The Morgan fingerprint density at radius 2 is 2.19 bits per heavy atom. The predicted octanol–water partition coefficient (Wildman–Crippen LogP) is 4.44. The van der Waals surface area contributed by atoms with Crippen LogP contribution >= 0.6 is 27.5 Å². The molecule has 0 unspecified atom stereocenters. The number of carbonyl (C=O) groups excluding carboxylic acids is 1. The highest BCUT2D eigenvalue weighted by Gasteiger charge is 2.19. The van der Waals surface area contributed by atoms with Crippen molar-refractivity contribution in [3.8, 4) is 0 Å². The van der Waals surface area contributed by atoms with Crippen LogP contribution in [-0.4, -0.2) is 16.0 Å². The number of nitrogens with zero attached hydrogens (tertiary/aromatic N) is 1. The first kappa shape index (κ1) is 14.2. The molecule has 108 valence electrons. The van der Waals surface area contributed by atoms with E-state index in [1.54, 1.807) is 13.8 Å². The van der Waals surface area contributed by atoms with Crippen LogP contribution in [0, 0.1) is 13.8 Å². The van der Waals surface area contributed by atoms with Gasteiger partial charge < -0.3 is 14.8 Å². The van der Waals surface area contributed by atoms with Crippen LogP contribution in [0.5, 0.6) is 0 Å². The number of amides is 1. The first-order valence-electron chi connectivity index (χ1n) is 6.18. The van der Waals surface area contributed by atoms with Crippen molar-refractivity contribution in [2.75, 3.05) is 5.32 Å². The number of rotatable bonds is 2. The van der Waals surface area contributed by atoms with E-state index in [-0.39, 0.29) is 5.91 Å². The molecule has 2 aromatic heterocycles. The third-order valence-corrected chi connectivity index (χ3v) is 4.08. The van der Waals surface area contributed by atoms with Crippen molar-refractivity contribution in [1.82, 2.24) is 10.1 Å². The highest BCUT2D eigenvalue weighted by atomic mass is 79.9. The fraction of sp³-hybridized carbons (Fsp3) is 0.143. The molecule has 3 aromatic rings. The number of aromatic amines is 1. The molecule has 0 saturated heterocycles. The van der Waals surface area contributed by atoms with Crippen molar-refractivity contribution in [1.29, 1.82) is 0 Å². The van der Waals surface area contributed by atoms with Crippen LogP contribution in [0.15, 0.2) is 27.2 Å². The van der Waals surface area contributed by atoms with Crippen LogP contribution in [0.25, 0.3) is 10.9 Å². The summed E-state index contributed by atoms with van der Waals surface area (Å²) in [5.41, 5.74) is 2.30. The normalized spacial score (nSPS) is 11.0. The lowest BCUT2D eigenvalue weighted by Crippen LogP contribution is -2.13.